The van der Waals surface area contributed by atoms with Gasteiger partial charge in [0.15, 0.2) is 11.5 Å². The Morgan fingerprint density at radius 2 is 2.16 bits per heavy atom. The van der Waals surface area contributed by atoms with E-state index in [-0.39, 0.29) is 6.04 Å². The maximum atomic E-state index is 5.63. The molecule has 1 atom stereocenters. The van der Waals surface area contributed by atoms with Crippen molar-refractivity contribution in [3.63, 3.8) is 0 Å². The second kappa shape index (κ2) is 5.59. The lowest BCUT2D eigenvalue weighted by Gasteiger charge is -2.21. The molecule has 1 aliphatic rings. The number of likely N-dealkylation sites (N-methyl/N-ethyl adjacent to an activating group) is 1. The van der Waals surface area contributed by atoms with Crippen molar-refractivity contribution in [1.29, 1.82) is 0 Å². The van der Waals surface area contributed by atoms with Crippen LogP contribution < -0.4 is 14.8 Å². The van der Waals surface area contributed by atoms with Gasteiger partial charge in [0, 0.05) is 23.5 Å². The highest BCUT2D eigenvalue weighted by molar-refractivity contribution is 7.09. The number of fused-ring (bicyclic) bond motifs is 1. The predicted molar refractivity (Wildman–Crippen MR) is 75.1 cm³/mol. The summed E-state index contributed by atoms with van der Waals surface area (Å²) < 4.78 is 11.2. The minimum Gasteiger partial charge on any atom is -0.486 e. The summed E-state index contributed by atoms with van der Waals surface area (Å²) in [6.07, 6.45) is 2.85. The molecule has 0 amide bonds. The Morgan fingerprint density at radius 3 is 2.89 bits per heavy atom. The third-order valence-corrected chi connectivity index (χ3v) is 4.01. The van der Waals surface area contributed by atoms with Crippen LogP contribution in [0.3, 0.4) is 0 Å². The normalized spacial score (nSPS) is 15.2. The molecule has 1 N–H and O–H groups in total. The van der Waals surface area contributed by atoms with Gasteiger partial charge >= 0.3 is 0 Å². The van der Waals surface area contributed by atoms with E-state index in [4.69, 9.17) is 9.47 Å². The van der Waals surface area contributed by atoms with Gasteiger partial charge in [0.2, 0.25) is 0 Å². The van der Waals surface area contributed by atoms with E-state index < -0.39 is 0 Å². The van der Waals surface area contributed by atoms with Crippen LogP contribution >= 0.6 is 11.3 Å². The molecule has 2 heterocycles. The molecule has 1 unspecified atom stereocenters. The van der Waals surface area contributed by atoms with Crippen LogP contribution in [0.4, 0.5) is 0 Å². The van der Waals surface area contributed by atoms with Gasteiger partial charge in [0.25, 0.3) is 0 Å². The Labute approximate surface area is 116 Å². The Balaban J connectivity index is 1.82. The van der Waals surface area contributed by atoms with E-state index in [0.29, 0.717) is 13.2 Å². The van der Waals surface area contributed by atoms with Crippen LogP contribution in [0.15, 0.2) is 29.9 Å². The maximum Gasteiger partial charge on any atom is 0.161 e. The zero-order valence-electron chi connectivity index (χ0n) is 10.8. The van der Waals surface area contributed by atoms with Gasteiger partial charge in [-0.1, -0.05) is 6.07 Å². The zero-order chi connectivity index (χ0) is 13.1. The minimum absolute atomic E-state index is 0.260. The van der Waals surface area contributed by atoms with Crippen molar-refractivity contribution in [2.24, 2.45) is 0 Å². The summed E-state index contributed by atoms with van der Waals surface area (Å²) in [4.78, 5) is 5.39. The fourth-order valence-electron chi connectivity index (χ4n) is 2.21. The van der Waals surface area contributed by atoms with Crippen LogP contribution in [0.25, 0.3) is 0 Å². The highest BCUT2D eigenvalue weighted by atomic mass is 32.1. The van der Waals surface area contributed by atoms with Crippen LogP contribution in [0.1, 0.15) is 16.5 Å². The number of rotatable bonds is 4. The average Bonchev–Trinajstić information content (AvgIpc) is 2.97. The summed E-state index contributed by atoms with van der Waals surface area (Å²) in [7, 11) is 1.97. The summed E-state index contributed by atoms with van der Waals surface area (Å²) in [5, 5.41) is 3.35. The number of nitrogens with one attached hydrogen (secondary N) is 1. The minimum atomic E-state index is 0.260. The van der Waals surface area contributed by atoms with Crippen molar-refractivity contribution < 1.29 is 9.47 Å². The van der Waals surface area contributed by atoms with E-state index >= 15 is 0 Å². The van der Waals surface area contributed by atoms with Crippen LogP contribution in [0.2, 0.25) is 0 Å². The molecular weight excluding hydrogens is 260 g/mol. The molecule has 0 spiro atoms. The largest absolute Gasteiger partial charge is 0.486 e. The molecule has 1 aromatic carbocycles. The summed E-state index contributed by atoms with van der Waals surface area (Å²) in [6.45, 7) is 1.25. The van der Waals surface area contributed by atoms with Gasteiger partial charge in [-0.25, -0.2) is 0 Å². The van der Waals surface area contributed by atoms with Gasteiger partial charge in [-0.05, 0) is 24.7 Å². The number of hydrogen-bond acceptors (Lipinski definition) is 5. The molecule has 4 nitrogen and oxygen atoms in total. The van der Waals surface area contributed by atoms with Crippen LogP contribution in [-0.2, 0) is 6.42 Å². The third kappa shape index (κ3) is 2.72. The smallest absolute Gasteiger partial charge is 0.161 e. The highest BCUT2D eigenvalue weighted by Crippen LogP contribution is 2.33. The van der Waals surface area contributed by atoms with E-state index in [9.17, 15) is 0 Å². The van der Waals surface area contributed by atoms with Crippen LogP contribution in [0.5, 0.6) is 11.5 Å². The quantitative estimate of drug-likeness (QED) is 0.931. The van der Waals surface area contributed by atoms with Crippen molar-refractivity contribution in [2.75, 3.05) is 20.3 Å². The predicted octanol–water partition coefficient (Wildman–Crippen LogP) is 2.42. The molecule has 1 aliphatic heterocycles. The lowest BCUT2D eigenvalue weighted by Crippen LogP contribution is -2.20. The van der Waals surface area contributed by atoms with Crippen molar-refractivity contribution in [3.8, 4) is 11.5 Å². The maximum absolute atomic E-state index is 5.63. The summed E-state index contributed by atoms with van der Waals surface area (Å²) in [5.74, 6) is 1.68. The van der Waals surface area contributed by atoms with Crippen LogP contribution in [0, 0.1) is 0 Å². The van der Waals surface area contributed by atoms with Gasteiger partial charge in [-0.2, -0.15) is 0 Å². The number of nitrogens with zero attached hydrogens (tertiary/aromatic N) is 1. The standard InChI is InChI=1S/C14H16N2O2S/c1-15-12(7-11-8-16-9-19-11)10-2-3-13-14(6-10)18-5-4-17-13/h2-3,6,8-9,12,15H,4-5,7H2,1H3. The van der Waals surface area contributed by atoms with Crippen molar-refractivity contribution in [3.05, 3.63) is 40.3 Å². The molecule has 0 aliphatic carbocycles. The Morgan fingerprint density at radius 1 is 1.32 bits per heavy atom. The molecule has 100 valence electrons. The van der Waals surface area contributed by atoms with Gasteiger partial charge in [-0.3, -0.25) is 4.98 Å². The van der Waals surface area contributed by atoms with Crippen molar-refractivity contribution >= 4 is 11.3 Å². The number of ether oxygens (including phenoxy) is 2. The van der Waals surface area contributed by atoms with Gasteiger partial charge in [0.05, 0.1) is 5.51 Å². The van der Waals surface area contributed by atoms with E-state index in [1.165, 1.54) is 10.4 Å². The molecule has 2 aromatic rings. The molecule has 0 saturated heterocycles. The molecule has 0 fully saturated rings. The van der Waals surface area contributed by atoms with Gasteiger partial charge in [-0.15, -0.1) is 11.3 Å². The molecule has 3 rings (SSSR count). The average molecular weight is 276 g/mol. The SMILES string of the molecule is CNC(Cc1cncs1)c1ccc2c(c1)OCCO2. The first-order valence-corrected chi connectivity index (χ1v) is 7.19. The molecule has 5 heteroatoms. The lowest BCUT2D eigenvalue weighted by atomic mass is 10.0. The van der Waals surface area contributed by atoms with Crippen molar-refractivity contribution in [1.82, 2.24) is 10.3 Å². The Hall–Kier alpha value is -1.59. The fourth-order valence-corrected chi connectivity index (χ4v) is 2.85. The Kier molecular flexibility index (Phi) is 3.66. The van der Waals surface area contributed by atoms with Gasteiger partial charge in [0.1, 0.15) is 13.2 Å². The fraction of sp³-hybridized carbons (Fsp3) is 0.357. The summed E-state index contributed by atoms with van der Waals surface area (Å²) in [6, 6.07) is 6.41. The molecule has 19 heavy (non-hydrogen) atoms. The molecule has 0 saturated carbocycles. The number of aromatic nitrogens is 1. The van der Waals surface area contributed by atoms with Crippen LogP contribution in [-0.4, -0.2) is 25.2 Å². The number of hydrogen-bond donors (Lipinski definition) is 1. The highest BCUT2D eigenvalue weighted by Gasteiger charge is 2.16. The number of benzene rings is 1. The molecular formula is C14H16N2O2S. The Bertz CT molecular complexity index is 542. The molecule has 1 aromatic heterocycles. The molecule has 0 radical (unpaired) electrons. The van der Waals surface area contributed by atoms with E-state index in [1.54, 1.807) is 11.3 Å². The number of thiazole rings is 1. The summed E-state index contributed by atoms with van der Waals surface area (Å²) in [5.41, 5.74) is 3.08. The first kappa shape index (κ1) is 12.4. The molecule has 0 bridgehead atoms. The zero-order valence-corrected chi connectivity index (χ0v) is 11.6. The van der Waals surface area contributed by atoms with E-state index in [1.807, 2.05) is 24.8 Å². The van der Waals surface area contributed by atoms with Crippen molar-refractivity contribution in [2.45, 2.75) is 12.5 Å². The van der Waals surface area contributed by atoms with E-state index in [0.717, 1.165) is 17.9 Å². The van der Waals surface area contributed by atoms with E-state index in [2.05, 4.69) is 22.4 Å². The lowest BCUT2D eigenvalue weighted by molar-refractivity contribution is 0.171. The first-order valence-electron chi connectivity index (χ1n) is 6.31. The second-order valence-corrected chi connectivity index (χ2v) is 5.39. The summed E-state index contributed by atoms with van der Waals surface area (Å²) >= 11 is 1.68. The van der Waals surface area contributed by atoms with Gasteiger partial charge < -0.3 is 14.8 Å². The monoisotopic (exact) mass is 276 g/mol. The first-order chi connectivity index (χ1) is 9.36. The second-order valence-electron chi connectivity index (χ2n) is 4.42. The third-order valence-electron chi connectivity index (χ3n) is 3.21. The topological polar surface area (TPSA) is 43.4 Å².